The Hall–Kier alpha value is -7.40. The summed E-state index contributed by atoms with van der Waals surface area (Å²) in [7, 11) is 0. The molecular formula is C62H45BN2S. The average Bonchev–Trinajstić information content (AvgIpc) is 3.74. The molecule has 14 rings (SSSR count). The molecule has 0 fully saturated rings. The molecule has 0 atom stereocenters. The molecule has 4 heteroatoms. The summed E-state index contributed by atoms with van der Waals surface area (Å²) in [4.78, 5) is 5.24. The van der Waals surface area contributed by atoms with Gasteiger partial charge in [0, 0.05) is 32.8 Å². The van der Waals surface area contributed by atoms with Crippen molar-refractivity contribution >= 4 is 143 Å². The Bertz CT molecular complexity index is 3970. The fourth-order valence-corrected chi connectivity index (χ4v) is 13.1. The third-order valence-electron chi connectivity index (χ3n) is 15.0. The summed E-state index contributed by atoms with van der Waals surface area (Å²) in [6.07, 6.45) is 0. The van der Waals surface area contributed by atoms with E-state index in [0.29, 0.717) is 11.8 Å². The molecule has 312 valence electrons. The van der Waals surface area contributed by atoms with E-state index < -0.39 is 0 Å². The van der Waals surface area contributed by atoms with Crippen molar-refractivity contribution in [1.29, 1.82) is 0 Å². The van der Waals surface area contributed by atoms with Gasteiger partial charge in [0.05, 0.1) is 10.7 Å². The van der Waals surface area contributed by atoms with E-state index >= 15 is 0 Å². The zero-order valence-corrected chi connectivity index (χ0v) is 38.2. The second-order valence-corrected chi connectivity index (χ2v) is 20.2. The van der Waals surface area contributed by atoms with Crippen LogP contribution in [0.2, 0.25) is 0 Å². The number of thiophene rings is 1. The van der Waals surface area contributed by atoms with Gasteiger partial charge in [-0.05, 0) is 146 Å². The first kappa shape index (κ1) is 37.9. The molecule has 0 radical (unpaired) electrons. The monoisotopic (exact) mass is 860 g/mol. The van der Waals surface area contributed by atoms with Gasteiger partial charge >= 0.3 is 0 Å². The van der Waals surface area contributed by atoms with Crippen LogP contribution in [0.4, 0.5) is 33.4 Å². The van der Waals surface area contributed by atoms with Gasteiger partial charge in [0.15, 0.2) is 0 Å². The molecule has 0 saturated carbocycles. The molecule has 2 aliphatic heterocycles. The molecule has 1 aromatic heterocycles. The second-order valence-electron chi connectivity index (χ2n) is 19.1. The normalized spacial score (nSPS) is 13.3. The SMILES string of the molecule is CC(C)c1ccc2c(c1)B1c3c(cccc3N(c3cccc4c5ccccc5c5ccccc5c34)c3sc4ccc(C(C)C)cc4c31)N2c1ccc2c3ccccc3c3ccccc3c2c1. The zero-order valence-electron chi connectivity index (χ0n) is 37.4. The van der Waals surface area contributed by atoms with Gasteiger partial charge in [-0.15, -0.1) is 11.3 Å². The van der Waals surface area contributed by atoms with Gasteiger partial charge in [-0.25, -0.2) is 0 Å². The van der Waals surface area contributed by atoms with Crippen molar-refractivity contribution in [2.75, 3.05) is 9.80 Å². The first-order chi connectivity index (χ1) is 32.4. The molecule has 0 amide bonds. The molecule has 2 aliphatic rings. The van der Waals surface area contributed by atoms with Crippen molar-refractivity contribution in [2.45, 2.75) is 39.5 Å². The highest BCUT2D eigenvalue weighted by atomic mass is 32.1. The van der Waals surface area contributed by atoms with Crippen LogP contribution in [0.5, 0.6) is 0 Å². The van der Waals surface area contributed by atoms with Gasteiger partial charge in [-0.2, -0.15) is 0 Å². The Balaban J connectivity index is 1.11. The van der Waals surface area contributed by atoms with E-state index in [1.165, 1.54) is 136 Å². The predicted octanol–water partition coefficient (Wildman–Crippen LogP) is 16.1. The lowest BCUT2D eigenvalue weighted by Gasteiger charge is -2.43. The molecule has 0 N–H and O–H groups in total. The summed E-state index contributed by atoms with van der Waals surface area (Å²) >= 11 is 1.95. The van der Waals surface area contributed by atoms with Gasteiger partial charge in [0.25, 0.3) is 6.71 Å². The van der Waals surface area contributed by atoms with E-state index in [0.717, 1.165) is 0 Å². The maximum Gasteiger partial charge on any atom is 0.254 e. The van der Waals surface area contributed by atoms with Gasteiger partial charge in [0.1, 0.15) is 0 Å². The molecule has 12 aromatic rings. The fourth-order valence-electron chi connectivity index (χ4n) is 11.9. The van der Waals surface area contributed by atoms with Crippen molar-refractivity contribution < 1.29 is 0 Å². The topological polar surface area (TPSA) is 6.48 Å². The van der Waals surface area contributed by atoms with E-state index in [1.54, 1.807) is 0 Å². The van der Waals surface area contributed by atoms with Gasteiger partial charge in [-0.3, -0.25) is 0 Å². The van der Waals surface area contributed by atoms with E-state index in [4.69, 9.17) is 0 Å². The van der Waals surface area contributed by atoms with Crippen LogP contribution in [0, 0.1) is 0 Å². The van der Waals surface area contributed by atoms with Crippen LogP contribution in [-0.4, -0.2) is 6.71 Å². The quantitative estimate of drug-likeness (QED) is 0.128. The Morgan fingerprint density at radius 3 is 1.47 bits per heavy atom. The van der Waals surface area contributed by atoms with Crippen LogP contribution in [0.25, 0.3) is 74.7 Å². The number of benzene rings is 11. The minimum Gasteiger partial charge on any atom is -0.311 e. The van der Waals surface area contributed by atoms with Crippen LogP contribution in [0.15, 0.2) is 188 Å². The first-order valence-corrected chi connectivity index (χ1v) is 24.3. The fraction of sp³-hybridized carbons (Fsp3) is 0.0968. The smallest absolute Gasteiger partial charge is 0.254 e. The number of anilines is 6. The number of hydrogen-bond acceptors (Lipinski definition) is 3. The van der Waals surface area contributed by atoms with Crippen LogP contribution in [-0.2, 0) is 0 Å². The number of hydrogen-bond donors (Lipinski definition) is 0. The third kappa shape index (κ3) is 5.19. The highest BCUT2D eigenvalue weighted by Gasteiger charge is 2.45. The van der Waals surface area contributed by atoms with Crippen molar-refractivity contribution in [3.05, 3.63) is 199 Å². The van der Waals surface area contributed by atoms with Gasteiger partial charge in [0.2, 0.25) is 0 Å². The molecule has 2 nitrogen and oxygen atoms in total. The van der Waals surface area contributed by atoms with E-state index in [2.05, 4.69) is 226 Å². The number of nitrogens with zero attached hydrogens (tertiary/aromatic N) is 2. The third-order valence-corrected chi connectivity index (χ3v) is 16.1. The van der Waals surface area contributed by atoms with Crippen LogP contribution >= 0.6 is 11.3 Å². The summed E-state index contributed by atoms with van der Waals surface area (Å²) in [5, 5.41) is 18.1. The Morgan fingerprint density at radius 2 is 0.848 bits per heavy atom. The lowest BCUT2D eigenvalue weighted by Crippen LogP contribution is -2.61. The van der Waals surface area contributed by atoms with Crippen LogP contribution in [0.1, 0.15) is 50.7 Å². The summed E-state index contributed by atoms with van der Waals surface area (Å²) in [5.74, 6) is 0.791. The maximum atomic E-state index is 2.66. The highest BCUT2D eigenvalue weighted by Crippen LogP contribution is 2.51. The number of fused-ring (bicyclic) bond motifs is 18. The standard InChI is InChI=1S/C62H45BN2S/c1-36(2)38-28-32-58-52(33-38)60-62(66-58)65(55-24-13-23-50-46-19-9-7-18-44(46)45-20-11-12-22-49(45)59(50)55)57-26-14-25-56-61(57)63(60)53-34-39(37(3)4)27-31-54(53)64(56)40-29-30-48-43-17-6-5-15-41(43)42-16-8-10-21-47(42)51(48)35-40/h5-37H,1-4H3. The predicted molar refractivity (Wildman–Crippen MR) is 289 cm³/mol. The minimum atomic E-state index is 0.0290. The molecule has 0 bridgehead atoms. The Kier molecular flexibility index (Phi) is 8.08. The molecule has 3 heterocycles. The lowest BCUT2D eigenvalue weighted by molar-refractivity contribution is 0.867. The summed E-state index contributed by atoms with van der Waals surface area (Å²) in [6, 6.07) is 71.7. The first-order valence-electron chi connectivity index (χ1n) is 23.5. The van der Waals surface area contributed by atoms with Crippen molar-refractivity contribution in [2.24, 2.45) is 0 Å². The molecule has 0 spiro atoms. The second kappa shape index (κ2) is 14.1. The zero-order chi connectivity index (χ0) is 43.9. The Labute approximate surface area is 389 Å². The Morgan fingerprint density at radius 1 is 0.364 bits per heavy atom. The molecule has 0 aliphatic carbocycles. The van der Waals surface area contributed by atoms with E-state index in [1.807, 2.05) is 11.3 Å². The molecule has 11 aromatic carbocycles. The van der Waals surface area contributed by atoms with Gasteiger partial charge < -0.3 is 9.80 Å². The summed E-state index contributed by atoms with van der Waals surface area (Å²) < 4.78 is 1.33. The minimum absolute atomic E-state index is 0.0290. The van der Waals surface area contributed by atoms with Crippen molar-refractivity contribution in [3.63, 3.8) is 0 Å². The summed E-state index contributed by atoms with van der Waals surface area (Å²) in [6.45, 7) is 9.34. The molecule has 0 unspecified atom stereocenters. The van der Waals surface area contributed by atoms with E-state index in [-0.39, 0.29) is 6.71 Å². The highest BCUT2D eigenvalue weighted by molar-refractivity contribution is 7.26. The molecular weight excluding hydrogens is 816 g/mol. The maximum absolute atomic E-state index is 2.66. The number of rotatable bonds is 4. The molecule has 66 heavy (non-hydrogen) atoms. The summed E-state index contributed by atoms with van der Waals surface area (Å²) in [5.41, 5.74) is 13.0. The van der Waals surface area contributed by atoms with Crippen molar-refractivity contribution in [1.82, 2.24) is 0 Å². The van der Waals surface area contributed by atoms with E-state index in [9.17, 15) is 0 Å². The lowest BCUT2D eigenvalue weighted by atomic mass is 9.33. The van der Waals surface area contributed by atoms with Gasteiger partial charge in [-0.1, -0.05) is 173 Å². The van der Waals surface area contributed by atoms with Crippen LogP contribution in [0.3, 0.4) is 0 Å². The average molecular weight is 861 g/mol. The van der Waals surface area contributed by atoms with Crippen LogP contribution < -0.4 is 26.2 Å². The van der Waals surface area contributed by atoms with Crippen molar-refractivity contribution in [3.8, 4) is 0 Å². The largest absolute Gasteiger partial charge is 0.311 e. The molecule has 0 saturated heterocycles.